The van der Waals surface area contributed by atoms with Gasteiger partial charge in [-0.25, -0.2) is 4.39 Å². The molecule has 2 heteroatoms. The molecule has 13 heavy (non-hydrogen) atoms. The minimum Gasteiger partial charge on any atom is -0.285 e. The number of carbonyl (C=O) groups excluding carboxylic acids is 1. The van der Waals surface area contributed by atoms with E-state index >= 15 is 0 Å². The van der Waals surface area contributed by atoms with E-state index in [1.54, 1.807) is 30.6 Å². The molecule has 0 N–H and O–H groups in total. The predicted molar refractivity (Wildman–Crippen MR) is 48.7 cm³/mol. The molecule has 0 atom stereocenters. The molecule has 2 aromatic rings. The Kier molecular flexibility index (Phi) is 1.81. The van der Waals surface area contributed by atoms with E-state index in [9.17, 15) is 9.18 Å². The second-order valence-electron chi connectivity index (χ2n) is 2.78. The summed E-state index contributed by atoms with van der Waals surface area (Å²) in [5.74, 6) is -0.311. The van der Waals surface area contributed by atoms with Crippen molar-refractivity contribution >= 4 is 17.1 Å². The molecule has 0 aliphatic carbocycles. The van der Waals surface area contributed by atoms with Gasteiger partial charge in [-0.1, -0.05) is 24.3 Å². The summed E-state index contributed by atoms with van der Waals surface area (Å²) in [5, 5.41) is 1.25. The number of hydrogen-bond acceptors (Lipinski definition) is 1. The van der Waals surface area contributed by atoms with E-state index in [-0.39, 0.29) is 5.82 Å². The van der Waals surface area contributed by atoms with Crippen LogP contribution in [0.5, 0.6) is 0 Å². The van der Waals surface area contributed by atoms with Gasteiger partial charge in [-0.3, -0.25) is 4.79 Å². The highest BCUT2D eigenvalue weighted by Gasteiger charge is 2.00. The summed E-state index contributed by atoms with van der Waals surface area (Å²) in [6.45, 7) is 0. The van der Waals surface area contributed by atoms with E-state index in [2.05, 4.69) is 0 Å². The average Bonchev–Trinajstić information content (AvgIpc) is 2.18. The van der Waals surface area contributed by atoms with Crippen LogP contribution in [-0.4, -0.2) is 6.29 Å². The van der Waals surface area contributed by atoms with Crippen molar-refractivity contribution in [3.8, 4) is 0 Å². The molecule has 0 saturated carbocycles. The van der Waals surface area contributed by atoms with Gasteiger partial charge >= 0.3 is 0 Å². The average molecular weight is 173 g/mol. The number of benzene rings is 2. The van der Waals surface area contributed by atoms with Crippen LogP contribution in [0.15, 0.2) is 36.4 Å². The van der Waals surface area contributed by atoms with Crippen LogP contribution in [0.1, 0.15) is 5.56 Å². The smallest absolute Gasteiger partial charge is 0.233 e. The maximum Gasteiger partial charge on any atom is 0.233 e. The zero-order valence-corrected chi connectivity index (χ0v) is 6.75. The van der Waals surface area contributed by atoms with Gasteiger partial charge < -0.3 is 0 Å². The molecule has 0 unspecified atom stereocenters. The van der Waals surface area contributed by atoms with Crippen LogP contribution in [0, 0.1) is 5.82 Å². The minimum atomic E-state index is -0.311. The number of hydrogen-bond donors (Lipinski definition) is 0. The molecule has 2 rings (SSSR count). The fourth-order valence-electron chi connectivity index (χ4n) is 1.30. The third-order valence-corrected chi connectivity index (χ3v) is 1.95. The molecule has 63 valence electrons. The molecule has 1 nitrogen and oxygen atoms in total. The molecule has 0 spiro atoms. The first-order valence-electron chi connectivity index (χ1n) is 3.88. The maximum atomic E-state index is 13.2. The third kappa shape index (κ3) is 1.31. The fraction of sp³-hybridized carbons (Fsp3) is 0. The molecule has 2 aromatic carbocycles. The van der Waals surface area contributed by atoms with Crippen molar-refractivity contribution in [2.24, 2.45) is 0 Å². The van der Waals surface area contributed by atoms with Crippen molar-refractivity contribution in [3.63, 3.8) is 0 Å². The van der Waals surface area contributed by atoms with Crippen LogP contribution in [0.2, 0.25) is 0 Å². The van der Waals surface area contributed by atoms with Crippen LogP contribution >= 0.6 is 0 Å². The summed E-state index contributed by atoms with van der Waals surface area (Å²) >= 11 is 0. The molecule has 0 saturated heterocycles. The van der Waals surface area contributed by atoms with Gasteiger partial charge in [0.25, 0.3) is 0 Å². The molecule has 0 heterocycles. The van der Waals surface area contributed by atoms with Crippen LogP contribution in [-0.2, 0) is 4.79 Å². The van der Waals surface area contributed by atoms with Crippen LogP contribution in [0.3, 0.4) is 0 Å². The molecule has 0 fully saturated rings. The Morgan fingerprint density at radius 2 is 2.00 bits per heavy atom. The molecule has 0 aromatic heterocycles. The van der Waals surface area contributed by atoms with E-state index in [0.717, 1.165) is 5.39 Å². The van der Waals surface area contributed by atoms with Crippen LogP contribution in [0.4, 0.5) is 4.39 Å². The zero-order valence-electron chi connectivity index (χ0n) is 6.75. The fourth-order valence-corrected chi connectivity index (χ4v) is 1.30. The number of rotatable bonds is 1. The van der Waals surface area contributed by atoms with Gasteiger partial charge in [0.2, 0.25) is 6.29 Å². The van der Waals surface area contributed by atoms with Crippen molar-refractivity contribution in [1.29, 1.82) is 0 Å². The molecule has 0 bridgehead atoms. The second kappa shape index (κ2) is 2.98. The lowest BCUT2D eigenvalue weighted by Crippen LogP contribution is -1.83. The van der Waals surface area contributed by atoms with Gasteiger partial charge in [-0.05, 0) is 17.5 Å². The molecular formula is C11H6FO. The molecular weight excluding hydrogens is 167 g/mol. The Bertz CT molecular complexity index is 463. The Labute approximate surface area is 74.8 Å². The van der Waals surface area contributed by atoms with Crippen LogP contribution < -0.4 is 0 Å². The Morgan fingerprint density at radius 1 is 1.15 bits per heavy atom. The van der Waals surface area contributed by atoms with Gasteiger partial charge in [-0.15, -0.1) is 0 Å². The van der Waals surface area contributed by atoms with Gasteiger partial charge in [0.1, 0.15) is 5.82 Å². The highest BCUT2D eigenvalue weighted by Crippen LogP contribution is 2.18. The quantitative estimate of drug-likeness (QED) is 0.647. The van der Waals surface area contributed by atoms with Gasteiger partial charge in [0, 0.05) is 10.9 Å². The lowest BCUT2D eigenvalue weighted by atomic mass is 10.1. The van der Waals surface area contributed by atoms with Gasteiger partial charge in [0.15, 0.2) is 0 Å². The van der Waals surface area contributed by atoms with E-state index in [4.69, 9.17) is 0 Å². The molecule has 1 radical (unpaired) electrons. The lowest BCUT2D eigenvalue weighted by molar-refractivity contribution is 0.563. The van der Waals surface area contributed by atoms with Crippen molar-refractivity contribution in [2.45, 2.75) is 0 Å². The third-order valence-electron chi connectivity index (χ3n) is 1.95. The Morgan fingerprint density at radius 3 is 2.77 bits per heavy atom. The maximum absolute atomic E-state index is 13.2. The van der Waals surface area contributed by atoms with Crippen molar-refractivity contribution in [1.82, 2.24) is 0 Å². The van der Waals surface area contributed by atoms with Crippen molar-refractivity contribution < 1.29 is 9.18 Å². The minimum absolute atomic E-state index is 0.311. The first-order chi connectivity index (χ1) is 6.31. The molecule has 0 aliphatic rings. The molecule has 0 aliphatic heterocycles. The van der Waals surface area contributed by atoms with E-state index in [1.165, 1.54) is 12.1 Å². The largest absolute Gasteiger partial charge is 0.285 e. The van der Waals surface area contributed by atoms with E-state index in [0.29, 0.717) is 10.9 Å². The summed E-state index contributed by atoms with van der Waals surface area (Å²) in [7, 11) is 0. The number of fused-ring (bicyclic) bond motifs is 1. The molecule has 0 amide bonds. The second-order valence-corrected chi connectivity index (χ2v) is 2.78. The standard InChI is InChI=1S/C11H6FO/c12-11-3-1-2-9-5-4-8(7-13)6-10(9)11/h1-6H. The first kappa shape index (κ1) is 7.92. The van der Waals surface area contributed by atoms with E-state index < -0.39 is 0 Å². The van der Waals surface area contributed by atoms with Crippen LogP contribution in [0.25, 0.3) is 10.8 Å². The topological polar surface area (TPSA) is 17.1 Å². The highest BCUT2D eigenvalue weighted by atomic mass is 19.1. The van der Waals surface area contributed by atoms with E-state index in [1.807, 2.05) is 0 Å². The summed E-state index contributed by atoms with van der Waals surface area (Å²) < 4.78 is 13.2. The normalized spacial score (nSPS) is 10.2. The Hall–Kier alpha value is -1.70. The summed E-state index contributed by atoms with van der Waals surface area (Å²) in [6, 6.07) is 9.64. The van der Waals surface area contributed by atoms with Crippen molar-refractivity contribution in [2.75, 3.05) is 0 Å². The van der Waals surface area contributed by atoms with Gasteiger partial charge in [-0.2, -0.15) is 0 Å². The monoisotopic (exact) mass is 173 g/mol. The first-order valence-corrected chi connectivity index (χ1v) is 3.88. The van der Waals surface area contributed by atoms with Crippen molar-refractivity contribution in [3.05, 3.63) is 47.8 Å². The summed E-state index contributed by atoms with van der Waals surface area (Å²) in [5.41, 5.74) is 0.373. The number of halogens is 1. The lowest BCUT2D eigenvalue weighted by Gasteiger charge is -1.98. The summed E-state index contributed by atoms with van der Waals surface area (Å²) in [4.78, 5) is 10.3. The zero-order chi connectivity index (χ0) is 9.26. The Balaban J connectivity index is 2.81. The van der Waals surface area contributed by atoms with Gasteiger partial charge in [0.05, 0.1) is 0 Å². The predicted octanol–water partition coefficient (Wildman–Crippen LogP) is 2.44. The summed E-state index contributed by atoms with van der Waals surface area (Å²) in [6.07, 6.45) is 1.73. The SMILES string of the molecule is O=[C]c1ccc2cccc(F)c2c1. The highest BCUT2D eigenvalue weighted by molar-refractivity contribution is 5.89.